The van der Waals surface area contributed by atoms with E-state index in [1.54, 1.807) is 0 Å². The van der Waals surface area contributed by atoms with Crippen LogP contribution in [0.4, 0.5) is 0 Å². The number of furan rings is 1. The van der Waals surface area contributed by atoms with Crippen LogP contribution in [0.15, 0.2) is 34.3 Å². The Kier molecular flexibility index (Phi) is 4.24. The maximum atomic E-state index is 5.68. The van der Waals surface area contributed by atoms with Crippen LogP contribution in [0.3, 0.4) is 0 Å². The number of thiophene rings is 1. The van der Waals surface area contributed by atoms with Crippen LogP contribution in [0, 0.1) is 0 Å². The van der Waals surface area contributed by atoms with Crippen molar-refractivity contribution in [3.05, 3.63) is 46.0 Å². The van der Waals surface area contributed by atoms with Gasteiger partial charge < -0.3 is 9.73 Å². The molecule has 1 aliphatic rings. The third kappa shape index (κ3) is 3.51. The topological polar surface area (TPSA) is 28.4 Å². The van der Waals surface area contributed by atoms with Gasteiger partial charge in [0.2, 0.25) is 0 Å². The predicted octanol–water partition coefficient (Wildman–Crippen LogP) is 3.79. The van der Waals surface area contributed by atoms with Gasteiger partial charge in [0.1, 0.15) is 5.76 Å². The fourth-order valence-corrected chi connectivity index (χ4v) is 3.13. The molecule has 20 heavy (non-hydrogen) atoms. The Balaban J connectivity index is 1.53. The van der Waals surface area contributed by atoms with E-state index >= 15 is 0 Å². The number of hydrogen-bond donors (Lipinski definition) is 1. The molecule has 1 aliphatic carbocycles. The highest BCUT2D eigenvalue weighted by molar-refractivity contribution is 7.10. The molecule has 1 unspecified atom stereocenters. The van der Waals surface area contributed by atoms with Crippen molar-refractivity contribution >= 4 is 11.3 Å². The smallest absolute Gasteiger partial charge is 0.118 e. The molecule has 0 amide bonds. The Morgan fingerprint density at radius 1 is 1.50 bits per heavy atom. The summed E-state index contributed by atoms with van der Waals surface area (Å²) in [6.07, 6.45) is 4.53. The molecule has 0 bridgehead atoms. The molecule has 0 saturated heterocycles. The summed E-state index contributed by atoms with van der Waals surface area (Å²) >= 11 is 1.81. The van der Waals surface area contributed by atoms with Crippen LogP contribution in [-0.4, -0.2) is 18.0 Å². The van der Waals surface area contributed by atoms with Gasteiger partial charge in [-0.2, -0.15) is 0 Å². The second-order valence-corrected chi connectivity index (χ2v) is 6.66. The summed E-state index contributed by atoms with van der Waals surface area (Å²) in [6.45, 7) is 4.02. The lowest BCUT2D eigenvalue weighted by molar-refractivity contribution is 0.235. The average Bonchev–Trinajstić information content (AvgIpc) is 2.93. The first kappa shape index (κ1) is 13.9. The zero-order valence-electron chi connectivity index (χ0n) is 12.1. The minimum atomic E-state index is 0.424. The number of hydrogen-bond acceptors (Lipinski definition) is 4. The fourth-order valence-electron chi connectivity index (χ4n) is 2.28. The first-order valence-corrected chi connectivity index (χ1v) is 8.13. The largest absolute Gasteiger partial charge is 0.468 e. The zero-order valence-corrected chi connectivity index (χ0v) is 13.0. The van der Waals surface area contributed by atoms with E-state index in [2.05, 4.69) is 47.8 Å². The van der Waals surface area contributed by atoms with E-state index in [1.807, 2.05) is 17.6 Å². The third-order valence-corrected chi connectivity index (χ3v) is 4.94. The quantitative estimate of drug-likeness (QED) is 0.841. The molecule has 1 N–H and O–H groups in total. The summed E-state index contributed by atoms with van der Waals surface area (Å²) in [6, 6.07) is 7.65. The molecule has 0 spiro atoms. The van der Waals surface area contributed by atoms with E-state index in [-0.39, 0.29) is 0 Å². The summed E-state index contributed by atoms with van der Waals surface area (Å²) in [4.78, 5) is 3.72. The van der Waals surface area contributed by atoms with Gasteiger partial charge in [0.15, 0.2) is 0 Å². The molecule has 2 aromatic rings. The van der Waals surface area contributed by atoms with Crippen molar-refractivity contribution in [3.8, 4) is 0 Å². The highest BCUT2D eigenvalue weighted by Crippen LogP contribution is 2.25. The van der Waals surface area contributed by atoms with E-state index < -0.39 is 0 Å². The maximum Gasteiger partial charge on any atom is 0.118 e. The maximum absolute atomic E-state index is 5.68. The van der Waals surface area contributed by atoms with Crippen molar-refractivity contribution < 1.29 is 4.42 Å². The molecular weight excluding hydrogens is 268 g/mol. The monoisotopic (exact) mass is 290 g/mol. The van der Waals surface area contributed by atoms with Gasteiger partial charge in [-0.15, -0.1) is 11.3 Å². The summed E-state index contributed by atoms with van der Waals surface area (Å²) in [5.41, 5.74) is 1.25. The number of nitrogens with zero attached hydrogens (tertiary/aromatic N) is 1. The van der Waals surface area contributed by atoms with Gasteiger partial charge in [-0.25, -0.2) is 0 Å². The first-order chi connectivity index (χ1) is 9.72. The minimum Gasteiger partial charge on any atom is -0.468 e. The van der Waals surface area contributed by atoms with E-state index in [9.17, 15) is 0 Å². The predicted molar refractivity (Wildman–Crippen MR) is 82.8 cm³/mol. The molecule has 108 valence electrons. The van der Waals surface area contributed by atoms with Crippen LogP contribution in [-0.2, 0) is 13.1 Å². The lowest BCUT2D eigenvalue weighted by atomic mass is 10.2. The molecule has 1 atom stereocenters. The van der Waals surface area contributed by atoms with E-state index in [4.69, 9.17) is 4.42 Å². The number of nitrogens with one attached hydrogen (secondary N) is 1. The molecule has 1 saturated carbocycles. The van der Waals surface area contributed by atoms with Gasteiger partial charge in [0, 0.05) is 29.1 Å². The molecule has 3 nitrogen and oxygen atoms in total. The molecule has 3 rings (SSSR count). The van der Waals surface area contributed by atoms with Gasteiger partial charge in [0.05, 0.1) is 12.8 Å². The summed E-state index contributed by atoms with van der Waals surface area (Å²) in [5.74, 6) is 1.04. The molecule has 0 radical (unpaired) electrons. The van der Waals surface area contributed by atoms with Crippen molar-refractivity contribution in [3.63, 3.8) is 0 Å². The fraction of sp³-hybridized carbons (Fsp3) is 0.500. The molecule has 0 aliphatic heterocycles. The van der Waals surface area contributed by atoms with Crippen molar-refractivity contribution in [1.82, 2.24) is 10.2 Å². The van der Waals surface area contributed by atoms with E-state index in [0.717, 1.165) is 24.9 Å². The van der Waals surface area contributed by atoms with Crippen LogP contribution < -0.4 is 5.32 Å². The third-order valence-electron chi connectivity index (χ3n) is 3.90. The molecule has 2 heterocycles. The van der Waals surface area contributed by atoms with Crippen LogP contribution >= 0.6 is 11.3 Å². The molecule has 0 aromatic carbocycles. The molecule has 4 heteroatoms. The standard InChI is InChI=1S/C16H22N2OS/c1-12(16-4-3-7-20-16)18(2)10-15-8-13(11-19-15)9-17-14-5-6-14/h3-4,7-8,11-12,14,17H,5-6,9-10H2,1-2H3. The lowest BCUT2D eigenvalue weighted by Crippen LogP contribution is -2.20. The second-order valence-electron chi connectivity index (χ2n) is 5.68. The average molecular weight is 290 g/mol. The van der Waals surface area contributed by atoms with Gasteiger partial charge in [0.25, 0.3) is 0 Å². The Bertz CT molecular complexity index is 530. The summed E-state index contributed by atoms with van der Waals surface area (Å²) in [5, 5.41) is 5.65. The van der Waals surface area contributed by atoms with Crippen molar-refractivity contribution in [2.75, 3.05) is 7.05 Å². The highest BCUT2D eigenvalue weighted by atomic mass is 32.1. The SMILES string of the molecule is CC(c1cccs1)N(C)Cc1cc(CNC2CC2)co1. The summed E-state index contributed by atoms with van der Waals surface area (Å²) < 4.78 is 5.68. The molecule has 2 aromatic heterocycles. The minimum absolute atomic E-state index is 0.424. The van der Waals surface area contributed by atoms with E-state index in [0.29, 0.717) is 6.04 Å². The van der Waals surface area contributed by atoms with Gasteiger partial charge in [-0.05, 0) is 44.3 Å². The van der Waals surface area contributed by atoms with Crippen LogP contribution in [0.2, 0.25) is 0 Å². The summed E-state index contributed by atoms with van der Waals surface area (Å²) in [7, 11) is 2.15. The molecular formula is C16H22N2OS. The van der Waals surface area contributed by atoms with Gasteiger partial charge >= 0.3 is 0 Å². The van der Waals surface area contributed by atoms with E-state index in [1.165, 1.54) is 23.3 Å². The Morgan fingerprint density at radius 3 is 3.05 bits per heavy atom. The van der Waals surface area contributed by atoms with Crippen molar-refractivity contribution in [1.29, 1.82) is 0 Å². The van der Waals surface area contributed by atoms with Crippen LogP contribution in [0.5, 0.6) is 0 Å². The first-order valence-electron chi connectivity index (χ1n) is 7.25. The Hall–Kier alpha value is -1.10. The Labute approximate surface area is 124 Å². The second kappa shape index (κ2) is 6.12. The highest BCUT2D eigenvalue weighted by Gasteiger charge is 2.20. The van der Waals surface area contributed by atoms with Gasteiger partial charge in [-0.3, -0.25) is 4.90 Å². The molecule has 1 fully saturated rings. The van der Waals surface area contributed by atoms with Crippen LogP contribution in [0.1, 0.15) is 42.0 Å². The normalized spacial score (nSPS) is 16.8. The van der Waals surface area contributed by atoms with Crippen LogP contribution in [0.25, 0.3) is 0 Å². The Morgan fingerprint density at radius 2 is 2.35 bits per heavy atom. The zero-order chi connectivity index (χ0) is 13.9. The van der Waals surface area contributed by atoms with Crippen molar-refractivity contribution in [2.24, 2.45) is 0 Å². The van der Waals surface area contributed by atoms with Gasteiger partial charge in [-0.1, -0.05) is 6.07 Å². The lowest BCUT2D eigenvalue weighted by Gasteiger charge is -2.22. The number of rotatable bonds is 7. The van der Waals surface area contributed by atoms with Crippen molar-refractivity contribution in [2.45, 2.75) is 44.9 Å².